The summed E-state index contributed by atoms with van der Waals surface area (Å²) in [5, 5.41) is 0. The fourth-order valence-electron chi connectivity index (χ4n) is 2.41. The van der Waals surface area contributed by atoms with Gasteiger partial charge in [-0.15, -0.1) is 0 Å². The lowest BCUT2D eigenvalue weighted by Gasteiger charge is -2.17. The van der Waals surface area contributed by atoms with Crippen molar-refractivity contribution in [2.75, 3.05) is 11.9 Å². The van der Waals surface area contributed by atoms with Gasteiger partial charge in [0, 0.05) is 30.2 Å². The Morgan fingerprint density at radius 1 is 1.22 bits per heavy atom. The summed E-state index contributed by atoms with van der Waals surface area (Å²) in [4.78, 5) is 14.5. The van der Waals surface area contributed by atoms with Gasteiger partial charge in [-0.2, -0.15) is 0 Å². The second kappa shape index (κ2) is 6.68. The van der Waals surface area contributed by atoms with Crippen LogP contribution in [0.3, 0.4) is 0 Å². The highest BCUT2D eigenvalue weighted by Gasteiger charge is 2.13. The van der Waals surface area contributed by atoms with Crippen LogP contribution in [0.15, 0.2) is 57.4 Å². The molecule has 0 bridgehead atoms. The summed E-state index contributed by atoms with van der Waals surface area (Å²) < 4.78 is 8.38. The third kappa shape index (κ3) is 3.38. The van der Waals surface area contributed by atoms with Crippen LogP contribution >= 0.6 is 28.1 Å². The zero-order valence-electron chi connectivity index (χ0n) is 12.5. The minimum atomic E-state index is 0.0273. The largest absolute Gasteiger partial charge is 0.429 e. The Morgan fingerprint density at radius 3 is 2.65 bits per heavy atom. The predicted molar refractivity (Wildman–Crippen MR) is 97.2 cm³/mol. The third-order valence-corrected chi connectivity index (χ3v) is 4.54. The van der Waals surface area contributed by atoms with Crippen LogP contribution < -0.4 is 4.90 Å². The van der Waals surface area contributed by atoms with E-state index in [1.165, 1.54) is 0 Å². The molecule has 0 saturated heterocycles. The molecule has 0 spiro atoms. The van der Waals surface area contributed by atoms with Crippen LogP contribution in [0.2, 0.25) is 0 Å². The first kappa shape index (κ1) is 16.0. The topological polar surface area (TPSA) is 38.4 Å². The van der Waals surface area contributed by atoms with Gasteiger partial charge >= 0.3 is 0 Å². The van der Waals surface area contributed by atoms with Crippen molar-refractivity contribution in [2.45, 2.75) is 13.0 Å². The number of aromatic nitrogens is 1. The van der Waals surface area contributed by atoms with E-state index >= 15 is 0 Å². The number of aryl methyl sites for hydroxylation is 1. The fraction of sp³-hybridized carbons (Fsp3) is 0.176. The molecule has 6 heteroatoms. The predicted octanol–water partition coefficient (Wildman–Crippen LogP) is 4.78. The van der Waals surface area contributed by atoms with Gasteiger partial charge in [0.25, 0.3) is 4.84 Å². The van der Waals surface area contributed by atoms with Crippen molar-refractivity contribution in [2.24, 2.45) is 0 Å². The third-order valence-electron chi connectivity index (χ3n) is 3.71. The Bertz CT molecular complexity index is 899. The first-order valence-corrected chi connectivity index (χ1v) is 8.37. The second-order valence-corrected chi connectivity index (χ2v) is 6.43. The van der Waals surface area contributed by atoms with E-state index in [0.717, 1.165) is 21.3 Å². The molecule has 0 aliphatic carbocycles. The maximum Gasteiger partial charge on any atom is 0.269 e. The summed E-state index contributed by atoms with van der Waals surface area (Å²) in [6, 6.07) is 15.3. The van der Waals surface area contributed by atoms with Gasteiger partial charge in [0.05, 0.1) is 5.52 Å². The highest BCUT2D eigenvalue weighted by molar-refractivity contribution is 9.10. The van der Waals surface area contributed by atoms with Gasteiger partial charge in [-0.3, -0.25) is 9.36 Å². The number of rotatable bonds is 4. The van der Waals surface area contributed by atoms with E-state index in [-0.39, 0.29) is 5.91 Å². The summed E-state index contributed by atoms with van der Waals surface area (Å²) in [6.45, 7) is 0.496. The first-order chi connectivity index (χ1) is 11.1. The van der Waals surface area contributed by atoms with Crippen molar-refractivity contribution in [1.29, 1.82) is 0 Å². The van der Waals surface area contributed by atoms with E-state index in [9.17, 15) is 4.79 Å². The summed E-state index contributed by atoms with van der Waals surface area (Å²) in [7, 11) is 1.78. The average molecular weight is 391 g/mol. The molecule has 1 heterocycles. The molecule has 0 atom stereocenters. The van der Waals surface area contributed by atoms with E-state index in [4.69, 9.17) is 16.6 Å². The van der Waals surface area contributed by atoms with Gasteiger partial charge in [-0.05, 0) is 48.6 Å². The quantitative estimate of drug-likeness (QED) is 0.601. The van der Waals surface area contributed by atoms with Gasteiger partial charge in [0.15, 0.2) is 5.58 Å². The van der Waals surface area contributed by atoms with E-state index in [1.807, 2.05) is 53.1 Å². The molecule has 3 rings (SSSR count). The first-order valence-electron chi connectivity index (χ1n) is 7.17. The number of hydrogen-bond donors (Lipinski definition) is 0. The highest BCUT2D eigenvalue weighted by atomic mass is 79.9. The van der Waals surface area contributed by atoms with Crippen molar-refractivity contribution in [1.82, 2.24) is 4.57 Å². The minimum Gasteiger partial charge on any atom is -0.429 e. The van der Waals surface area contributed by atoms with Crippen molar-refractivity contribution < 1.29 is 9.21 Å². The minimum absolute atomic E-state index is 0.0273. The van der Waals surface area contributed by atoms with Crippen LogP contribution in [0.5, 0.6) is 0 Å². The van der Waals surface area contributed by atoms with E-state index in [2.05, 4.69) is 15.9 Å². The molecule has 0 unspecified atom stereocenters. The molecule has 0 aliphatic heterocycles. The molecule has 0 N–H and O–H groups in total. The molecule has 3 aromatic rings. The number of fused-ring (bicyclic) bond motifs is 1. The number of halogens is 1. The van der Waals surface area contributed by atoms with Gasteiger partial charge < -0.3 is 9.32 Å². The number of oxazole rings is 1. The number of para-hydroxylation sites is 2. The molecule has 0 radical (unpaired) electrons. The summed E-state index contributed by atoms with van der Waals surface area (Å²) in [5.74, 6) is 0.0273. The van der Waals surface area contributed by atoms with E-state index in [0.29, 0.717) is 17.8 Å². The van der Waals surface area contributed by atoms with Gasteiger partial charge in [-0.25, -0.2) is 0 Å². The number of carbonyl (C=O) groups excluding carboxylic acids is 1. The molecule has 0 saturated carbocycles. The molecule has 118 valence electrons. The number of carbonyl (C=O) groups is 1. The maximum atomic E-state index is 12.4. The fourth-order valence-corrected chi connectivity index (χ4v) is 2.95. The van der Waals surface area contributed by atoms with Crippen LogP contribution in [-0.4, -0.2) is 17.5 Å². The summed E-state index contributed by atoms with van der Waals surface area (Å²) >= 11 is 8.64. The molecular weight excluding hydrogens is 376 g/mol. The number of amides is 1. The monoisotopic (exact) mass is 390 g/mol. The normalized spacial score (nSPS) is 10.9. The van der Waals surface area contributed by atoms with Crippen molar-refractivity contribution >= 4 is 50.8 Å². The maximum absolute atomic E-state index is 12.4. The van der Waals surface area contributed by atoms with Gasteiger partial charge in [-0.1, -0.05) is 28.1 Å². The zero-order valence-corrected chi connectivity index (χ0v) is 14.9. The van der Waals surface area contributed by atoms with Crippen molar-refractivity contribution in [3.63, 3.8) is 0 Å². The van der Waals surface area contributed by atoms with E-state index in [1.54, 1.807) is 11.9 Å². The lowest BCUT2D eigenvalue weighted by molar-refractivity contribution is -0.118. The SMILES string of the molecule is CN(C(=O)CCn1c(=S)oc2ccccc21)c1ccc(Br)cc1. The second-order valence-electron chi connectivity index (χ2n) is 5.17. The lowest BCUT2D eigenvalue weighted by Crippen LogP contribution is -2.27. The van der Waals surface area contributed by atoms with Crippen LogP contribution in [0, 0.1) is 4.84 Å². The van der Waals surface area contributed by atoms with Crippen molar-refractivity contribution in [3.8, 4) is 0 Å². The van der Waals surface area contributed by atoms with Crippen LogP contribution in [-0.2, 0) is 11.3 Å². The standard InChI is InChI=1S/C17H15BrN2O2S/c1-19(13-8-6-12(18)7-9-13)16(21)10-11-20-14-4-2-3-5-15(14)22-17(20)23/h2-9H,10-11H2,1H3. The molecule has 0 fully saturated rings. The number of anilines is 1. The average Bonchev–Trinajstić information content (AvgIpc) is 2.88. The summed E-state index contributed by atoms with van der Waals surface area (Å²) in [6.07, 6.45) is 0.352. The summed E-state index contributed by atoms with van der Waals surface area (Å²) in [5.41, 5.74) is 2.52. The Labute approximate surface area is 147 Å². The van der Waals surface area contributed by atoms with Gasteiger partial charge in [0.1, 0.15) is 0 Å². The molecule has 1 amide bonds. The molecule has 0 aliphatic rings. The number of hydrogen-bond acceptors (Lipinski definition) is 3. The van der Waals surface area contributed by atoms with Crippen LogP contribution in [0.4, 0.5) is 5.69 Å². The molecule has 1 aromatic heterocycles. The zero-order chi connectivity index (χ0) is 16.4. The molecule has 23 heavy (non-hydrogen) atoms. The Kier molecular flexibility index (Phi) is 4.63. The number of nitrogens with zero attached hydrogens (tertiary/aromatic N) is 2. The highest BCUT2D eigenvalue weighted by Crippen LogP contribution is 2.20. The molecule has 4 nitrogen and oxygen atoms in total. The smallest absolute Gasteiger partial charge is 0.269 e. The Balaban J connectivity index is 1.74. The van der Waals surface area contributed by atoms with Crippen molar-refractivity contribution in [3.05, 3.63) is 57.8 Å². The lowest BCUT2D eigenvalue weighted by atomic mass is 10.2. The Hall–Kier alpha value is -1.92. The number of benzene rings is 2. The molecule has 2 aromatic carbocycles. The van der Waals surface area contributed by atoms with E-state index < -0.39 is 0 Å². The van der Waals surface area contributed by atoms with Gasteiger partial charge in [0.2, 0.25) is 5.91 Å². The molecular formula is C17H15BrN2O2S. The van der Waals surface area contributed by atoms with Crippen LogP contribution in [0.25, 0.3) is 11.1 Å². The van der Waals surface area contributed by atoms with Crippen LogP contribution in [0.1, 0.15) is 6.42 Å². The Morgan fingerprint density at radius 2 is 1.91 bits per heavy atom.